The molecule has 0 aromatic carbocycles. The Kier molecular flexibility index (Phi) is 5.60. The number of aliphatic hydroxyl groups is 1. The number of anilines is 1. The molecule has 0 unspecified atom stereocenters. The third kappa shape index (κ3) is 4.12. The fourth-order valence-corrected chi connectivity index (χ4v) is 7.10. The van der Waals surface area contributed by atoms with Gasteiger partial charge in [-0.2, -0.15) is 0 Å². The lowest BCUT2D eigenvalue weighted by molar-refractivity contribution is 0.0562. The van der Waals surface area contributed by atoms with Crippen LogP contribution in [0.2, 0.25) is 0 Å². The van der Waals surface area contributed by atoms with Crippen molar-refractivity contribution in [3.05, 3.63) is 28.5 Å². The second kappa shape index (κ2) is 8.55. The van der Waals surface area contributed by atoms with Crippen LogP contribution >= 0.6 is 11.3 Å². The average molecular weight is 496 g/mol. The summed E-state index contributed by atoms with van der Waals surface area (Å²) in [7, 11) is 0. The Balaban J connectivity index is 1.32. The average Bonchev–Trinajstić information content (AvgIpc) is 3.51. The monoisotopic (exact) mass is 495 g/mol. The van der Waals surface area contributed by atoms with Gasteiger partial charge in [0.05, 0.1) is 11.0 Å². The highest BCUT2D eigenvalue weighted by Gasteiger charge is 2.44. The molecule has 2 saturated carbocycles. The molecule has 35 heavy (non-hydrogen) atoms. The van der Waals surface area contributed by atoms with Crippen LogP contribution in [0.5, 0.6) is 0 Å². The van der Waals surface area contributed by atoms with Crippen molar-refractivity contribution in [1.29, 1.82) is 0 Å². The lowest BCUT2D eigenvalue weighted by Crippen LogP contribution is -2.46. The normalized spacial score (nSPS) is 28.4. The maximum atomic E-state index is 13.8. The third-order valence-electron chi connectivity index (χ3n) is 8.40. The topological polar surface area (TPSA) is 107 Å². The molecule has 4 heterocycles. The molecular weight excluding hydrogens is 462 g/mol. The molecule has 2 saturated heterocycles. The maximum Gasteiger partial charge on any atom is 0.280 e. The maximum absolute atomic E-state index is 13.8. The number of amides is 2. The molecule has 0 radical (unpaired) electrons. The molecule has 0 atom stereocenters. The molecule has 9 heteroatoms. The van der Waals surface area contributed by atoms with Gasteiger partial charge >= 0.3 is 0 Å². The number of nitrogens with zero attached hydrogens (tertiary/aromatic N) is 3. The summed E-state index contributed by atoms with van der Waals surface area (Å²) in [6, 6.07) is 2.55. The van der Waals surface area contributed by atoms with Crippen molar-refractivity contribution >= 4 is 29.0 Å². The van der Waals surface area contributed by atoms with Gasteiger partial charge in [-0.25, -0.2) is 9.97 Å². The number of carbonyl (C=O) groups is 2. The fraction of sp³-hybridized carbons (Fsp3) is 0.615. The minimum Gasteiger partial charge on any atom is -0.393 e. The minimum absolute atomic E-state index is 0.0416. The summed E-state index contributed by atoms with van der Waals surface area (Å²) in [6.45, 7) is 4.24. The predicted octanol–water partition coefficient (Wildman–Crippen LogP) is 3.89. The number of nitrogens with one attached hydrogen (secondary N) is 2. The number of pyridine rings is 1. The molecule has 2 aromatic heterocycles. The first-order chi connectivity index (χ1) is 16.8. The molecule has 4 fully saturated rings. The van der Waals surface area contributed by atoms with E-state index in [1.54, 1.807) is 0 Å². The van der Waals surface area contributed by atoms with Gasteiger partial charge in [0.2, 0.25) is 0 Å². The first kappa shape index (κ1) is 22.9. The Morgan fingerprint density at radius 3 is 2.43 bits per heavy atom. The van der Waals surface area contributed by atoms with Gasteiger partial charge in [0, 0.05) is 35.4 Å². The highest BCUT2D eigenvalue weighted by atomic mass is 32.1. The SMILES string of the molecule is Cc1cc(NC2(C)CCC2)ncc1-c1sc(C(=O)N[C@H]2C[C@H](O)C2)nc1C(=O)N1C2CCC1CC2. The Morgan fingerprint density at radius 2 is 1.86 bits per heavy atom. The number of aliphatic hydroxyl groups excluding tert-OH is 1. The summed E-state index contributed by atoms with van der Waals surface area (Å²) in [5.41, 5.74) is 2.31. The smallest absolute Gasteiger partial charge is 0.280 e. The largest absolute Gasteiger partial charge is 0.393 e. The van der Waals surface area contributed by atoms with Crippen LogP contribution < -0.4 is 10.6 Å². The van der Waals surface area contributed by atoms with Crippen molar-refractivity contribution < 1.29 is 14.7 Å². The minimum atomic E-state index is -0.349. The van der Waals surface area contributed by atoms with E-state index in [1.165, 1.54) is 17.8 Å². The number of carbonyl (C=O) groups excluding carboxylic acids is 2. The van der Waals surface area contributed by atoms with Crippen LogP contribution in [0.4, 0.5) is 5.82 Å². The molecule has 3 N–H and O–H groups in total. The molecule has 2 amide bonds. The summed E-state index contributed by atoms with van der Waals surface area (Å²) in [6.07, 6.45) is 10.3. The second-order valence-corrected chi connectivity index (χ2v) is 12.1. The van der Waals surface area contributed by atoms with Gasteiger partial charge in [-0.15, -0.1) is 11.3 Å². The molecule has 2 aromatic rings. The van der Waals surface area contributed by atoms with E-state index in [1.807, 2.05) is 24.1 Å². The molecular formula is C26H33N5O3S. The number of fused-ring (bicyclic) bond motifs is 2. The lowest BCUT2D eigenvalue weighted by atomic mass is 9.78. The number of aryl methyl sites for hydroxylation is 1. The zero-order valence-electron chi connectivity index (χ0n) is 20.3. The first-order valence-corrected chi connectivity index (χ1v) is 13.7. The van der Waals surface area contributed by atoms with Crippen LogP contribution in [-0.4, -0.2) is 61.6 Å². The third-order valence-corrected chi connectivity index (χ3v) is 9.49. The van der Waals surface area contributed by atoms with E-state index in [4.69, 9.17) is 0 Å². The number of aromatic nitrogens is 2. The Bertz CT molecular complexity index is 1150. The van der Waals surface area contributed by atoms with Crippen molar-refractivity contribution in [3.63, 3.8) is 0 Å². The van der Waals surface area contributed by atoms with Crippen LogP contribution in [0.25, 0.3) is 10.4 Å². The number of thiazole rings is 1. The van der Waals surface area contributed by atoms with Crippen molar-refractivity contribution in [3.8, 4) is 10.4 Å². The molecule has 4 aliphatic rings. The van der Waals surface area contributed by atoms with Gasteiger partial charge in [-0.1, -0.05) is 0 Å². The van der Waals surface area contributed by atoms with Crippen LogP contribution in [0.1, 0.15) is 90.6 Å². The zero-order valence-corrected chi connectivity index (χ0v) is 21.2. The van der Waals surface area contributed by atoms with E-state index < -0.39 is 0 Å². The fourth-order valence-electron chi connectivity index (χ4n) is 6.07. The molecule has 2 aliphatic carbocycles. The van der Waals surface area contributed by atoms with Crippen LogP contribution in [-0.2, 0) is 0 Å². The standard InChI is InChI=1S/C26H33N5O3S/c1-14-10-20(30-26(2)8-3-9-26)27-13-19(14)22-21(25(34)31-16-4-5-17(31)7-6-16)29-24(35-22)23(33)28-15-11-18(32)12-15/h10,13,15-18,32H,3-9,11-12H2,1-2H3,(H,27,30)(H,28,33)/t15-,16?,17?,18-. The molecule has 2 bridgehead atoms. The summed E-state index contributed by atoms with van der Waals surface area (Å²) in [5.74, 6) is 0.492. The van der Waals surface area contributed by atoms with E-state index >= 15 is 0 Å². The quantitative estimate of drug-likeness (QED) is 0.561. The first-order valence-electron chi connectivity index (χ1n) is 12.9. The summed E-state index contributed by atoms with van der Waals surface area (Å²) >= 11 is 1.26. The predicted molar refractivity (Wildman–Crippen MR) is 135 cm³/mol. The van der Waals surface area contributed by atoms with Gasteiger partial charge in [0.1, 0.15) is 11.5 Å². The van der Waals surface area contributed by atoms with Gasteiger partial charge in [0.25, 0.3) is 11.8 Å². The summed E-state index contributed by atoms with van der Waals surface area (Å²) < 4.78 is 0. The van der Waals surface area contributed by atoms with E-state index in [0.29, 0.717) is 28.4 Å². The van der Waals surface area contributed by atoms with Gasteiger partial charge in [-0.05, 0) is 83.3 Å². The number of hydrogen-bond donors (Lipinski definition) is 3. The Morgan fingerprint density at radius 1 is 1.17 bits per heavy atom. The highest BCUT2D eigenvalue weighted by molar-refractivity contribution is 7.17. The van der Waals surface area contributed by atoms with E-state index in [9.17, 15) is 14.7 Å². The zero-order chi connectivity index (χ0) is 24.3. The van der Waals surface area contributed by atoms with Crippen LogP contribution in [0, 0.1) is 6.92 Å². The van der Waals surface area contributed by atoms with Crippen molar-refractivity contribution in [2.75, 3.05) is 5.32 Å². The van der Waals surface area contributed by atoms with Gasteiger partial charge < -0.3 is 20.6 Å². The Labute approximate surface area is 209 Å². The molecule has 0 spiro atoms. The van der Waals surface area contributed by atoms with Crippen molar-refractivity contribution in [1.82, 2.24) is 20.2 Å². The van der Waals surface area contributed by atoms with E-state index in [0.717, 1.165) is 55.5 Å². The van der Waals surface area contributed by atoms with E-state index in [2.05, 4.69) is 27.5 Å². The van der Waals surface area contributed by atoms with Crippen LogP contribution in [0.3, 0.4) is 0 Å². The molecule has 8 nitrogen and oxygen atoms in total. The number of hydrogen-bond acceptors (Lipinski definition) is 7. The Hall–Kier alpha value is -2.52. The highest BCUT2D eigenvalue weighted by Crippen LogP contribution is 2.41. The van der Waals surface area contributed by atoms with Crippen LogP contribution in [0.15, 0.2) is 12.3 Å². The summed E-state index contributed by atoms with van der Waals surface area (Å²) in [5, 5.41) is 16.4. The lowest BCUT2D eigenvalue weighted by Gasteiger charge is -2.39. The molecule has 6 rings (SSSR count). The second-order valence-electron chi connectivity index (χ2n) is 11.1. The van der Waals surface area contributed by atoms with Crippen molar-refractivity contribution in [2.45, 2.75) is 101 Å². The van der Waals surface area contributed by atoms with Gasteiger partial charge in [-0.3, -0.25) is 9.59 Å². The molecule has 186 valence electrons. The number of rotatable bonds is 6. The van der Waals surface area contributed by atoms with Crippen molar-refractivity contribution in [2.24, 2.45) is 0 Å². The van der Waals surface area contributed by atoms with E-state index in [-0.39, 0.29) is 41.6 Å². The summed E-state index contributed by atoms with van der Waals surface area (Å²) in [4.78, 5) is 38.7. The van der Waals surface area contributed by atoms with Gasteiger partial charge in [0.15, 0.2) is 5.01 Å². The molecule has 2 aliphatic heterocycles.